The summed E-state index contributed by atoms with van der Waals surface area (Å²) in [5.41, 5.74) is 0.782. The summed E-state index contributed by atoms with van der Waals surface area (Å²) in [5, 5.41) is 12.5. The Bertz CT molecular complexity index is 452. The van der Waals surface area contributed by atoms with Crippen LogP contribution in [0.25, 0.3) is 0 Å². The molecule has 2 rings (SSSR count). The molecule has 1 aliphatic rings. The number of ether oxygens (including phenoxy) is 1. The van der Waals surface area contributed by atoms with E-state index in [0.717, 1.165) is 13.0 Å². The van der Waals surface area contributed by atoms with Crippen LogP contribution in [0, 0.1) is 5.41 Å². The largest absolute Gasteiger partial charge is 0.504 e. The van der Waals surface area contributed by atoms with Gasteiger partial charge in [-0.15, -0.1) is 0 Å². The third kappa shape index (κ3) is 2.58. The lowest BCUT2D eigenvalue weighted by Gasteiger charge is -2.13. The van der Waals surface area contributed by atoms with E-state index in [2.05, 4.69) is 12.2 Å². The second-order valence-electron chi connectivity index (χ2n) is 4.92. The Kier molecular flexibility index (Phi) is 3.45. The number of amides is 1. The molecular formula is C14H19NO3. The van der Waals surface area contributed by atoms with Crippen LogP contribution < -0.4 is 10.1 Å². The number of phenolic OH excluding ortho intramolecular Hbond substituents is 1. The molecule has 1 amide bonds. The molecule has 4 heteroatoms. The van der Waals surface area contributed by atoms with E-state index in [1.165, 1.54) is 26.0 Å². The van der Waals surface area contributed by atoms with Crippen LogP contribution in [0.1, 0.15) is 36.5 Å². The van der Waals surface area contributed by atoms with Gasteiger partial charge in [0.25, 0.3) is 5.91 Å². The summed E-state index contributed by atoms with van der Waals surface area (Å²) in [5.74, 6) is 0.216. The van der Waals surface area contributed by atoms with Crippen molar-refractivity contribution in [2.24, 2.45) is 5.41 Å². The van der Waals surface area contributed by atoms with Gasteiger partial charge in [0.05, 0.1) is 7.11 Å². The van der Waals surface area contributed by atoms with Crippen molar-refractivity contribution >= 4 is 5.91 Å². The first-order chi connectivity index (χ1) is 8.60. The van der Waals surface area contributed by atoms with Crippen molar-refractivity contribution in [3.8, 4) is 11.5 Å². The van der Waals surface area contributed by atoms with E-state index >= 15 is 0 Å². The van der Waals surface area contributed by atoms with Crippen molar-refractivity contribution in [2.45, 2.75) is 26.2 Å². The Morgan fingerprint density at radius 3 is 2.72 bits per heavy atom. The topological polar surface area (TPSA) is 58.6 Å². The van der Waals surface area contributed by atoms with Gasteiger partial charge in [-0.05, 0) is 42.9 Å². The van der Waals surface area contributed by atoms with E-state index in [9.17, 15) is 9.90 Å². The molecule has 0 radical (unpaired) electrons. The second-order valence-corrected chi connectivity index (χ2v) is 4.92. The Labute approximate surface area is 107 Å². The van der Waals surface area contributed by atoms with Gasteiger partial charge in [-0.3, -0.25) is 4.79 Å². The molecular weight excluding hydrogens is 230 g/mol. The molecule has 0 aromatic heterocycles. The maximum Gasteiger partial charge on any atom is 0.251 e. The predicted octanol–water partition coefficient (Wildman–Crippen LogP) is 2.32. The van der Waals surface area contributed by atoms with Crippen molar-refractivity contribution in [1.82, 2.24) is 5.32 Å². The third-order valence-corrected chi connectivity index (χ3v) is 3.77. The monoisotopic (exact) mass is 249 g/mol. The fourth-order valence-electron chi connectivity index (χ4n) is 2.03. The van der Waals surface area contributed by atoms with Gasteiger partial charge in [0.2, 0.25) is 0 Å². The highest BCUT2D eigenvalue weighted by molar-refractivity contribution is 5.94. The highest BCUT2D eigenvalue weighted by Crippen LogP contribution is 2.47. The van der Waals surface area contributed by atoms with Crippen LogP contribution in [0.4, 0.5) is 0 Å². The fraction of sp³-hybridized carbons (Fsp3) is 0.500. The molecule has 0 atom stereocenters. The molecule has 0 bridgehead atoms. The average Bonchev–Trinajstić information content (AvgIpc) is 3.16. The summed E-state index contributed by atoms with van der Waals surface area (Å²) < 4.78 is 4.94. The molecule has 0 aliphatic heterocycles. The zero-order valence-electron chi connectivity index (χ0n) is 10.8. The normalized spacial score (nSPS) is 16.1. The van der Waals surface area contributed by atoms with Gasteiger partial charge < -0.3 is 15.2 Å². The van der Waals surface area contributed by atoms with Gasteiger partial charge in [0.1, 0.15) is 0 Å². The summed E-state index contributed by atoms with van der Waals surface area (Å²) in [6.45, 7) is 2.87. The molecule has 1 saturated carbocycles. The molecule has 1 aromatic rings. The summed E-state index contributed by atoms with van der Waals surface area (Å²) in [6.07, 6.45) is 3.48. The number of methoxy groups -OCH3 is 1. The number of hydrogen-bond donors (Lipinski definition) is 2. The molecule has 18 heavy (non-hydrogen) atoms. The van der Waals surface area contributed by atoms with Crippen LogP contribution in [0.3, 0.4) is 0 Å². The van der Waals surface area contributed by atoms with E-state index in [1.807, 2.05) is 0 Å². The lowest BCUT2D eigenvalue weighted by molar-refractivity contribution is 0.0944. The van der Waals surface area contributed by atoms with Gasteiger partial charge in [-0.2, -0.15) is 0 Å². The molecule has 98 valence electrons. The summed E-state index contributed by atoms with van der Waals surface area (Å²) in [4.78, 5) is 11.9. The minimum atomic E-state index is -0.146. The zero-order chi connectivity index (χ0) is 13.2. The van der Waals surface area contributed by atoms with Gasteiger partial charge in [-0.1, -0.05) is 6.92 Å². The number of aromatic hydroxyl groups is 1. The molecule has 0 unspecified atom stereocenters. The van der Waals surface area contributed by atoms with Crippen molar-refractivity contribution in [2.75, 3.05) is 13.7 Å². The van der Waals surface area contributed by atoms with E-state index in [1.54, 1.807) is 12.1 Å². The lowest BCUT2D eigenvalue weighted by atomic mass is 10.0. The van der Waals surface area contributed by atoms with Gasteiger partial charge in [0, 0.05) is 12.1 Å². The number of carbonyl (C=O) groups excluding carboxylic acids is 1. The first-order valence-electron chi connectivity index (χ1n) is 6.25. The Balaban J connectivity index is 1.98. The molecule has 4 nitrogen and oxygen atoms in total. The number of nitrogens with one attached hydrogen (secondary N) is 1. The first-order valence-corrected chi connectivity index (χ1v) is 6.25. The highest BCUT2D eigenvalue weighted by Gasteiger charge is 2.40. The van der Waals surface area contributed by atoms with E-state index in [0.29, 0.717) is 16.7 Å². The molecule has 1 aliphatic carbocycles. The number of carbonyl (C=O) groups is 1. The minimum absolute atomic E-state index is 0.0122. The summed E-state index contributed by atoms with van der Waals surface area (Å²) >= 11 is 0. The van der Waals surface area contributed by atoms with Gasteiger partial charge in [0.15, 0.2) is 11.5 Å². The van der Waals surface area contributed by atoms with Crippen LogP contribution >= 0.6 is 0 Å². The third-order valence-electron chi connectivity index (χ3n) is 3.77. The van der Waals surface area contributed by atoms with Crippen LogP contribution in [0.2, 0.25) is 0 Å². The fourth-order valence-corrected chi connectivity index (χ4v) is 2.03. The zero-order valence-corrected chi connectivity index (χ0v) is 10.8. The predicted molar refractivity (Wildman–Crippen MR) is 69.0 cm³/mol. The van der Waals surface area contributed by atoms with Gasteiger partial charge >= 0.3 is 0 Å². The molecule has 0 heterocycles. The van der Waals surface area contributed by atoms with Crippen LogP contribution in [0.15, 0.2) is 18.2 Å². The van der Waals surface area contributed by atoms with Crippen molar-refractivity contribution in [1.29, 1.82) is 0 Å². The van der Waals surface area contributed by atoms with E-state index in [4.69, 9.17) is 4.74 Å². The Morgan fingerprint density at radius 2 is 2.22 bits per heavy atom. The smallest absolute Gasteiger partial charge is 0.251 e. The van der Waals surface area contributed by atoms with Crippen molar-refractivity contribution < 1.29 is 14.6 Å². The summed E-state index contributed by atoms with van der Waals surface area (Å²) in [7, 11) is 1.48. The molecule has 1 fully saturated rings. The van der Waals surface area contributed by atoms with Gasteiger partial charge in [-0.25, -0.2) is 0 Å². The van der Waals surface area contributed by atoms with Crippen LogP contribution in [0.5, 0.6) is 11.5 Å². The number of rotatable bonds is 5. The SMILES string of the molecule is CCC1(CNC(=O)c2ccc(OC)c(O)c2)CC1. The Morgan fingerprint density at radius 1 is 1.50 bits per heavy atom. The molecule has 0 saturated heterocycles. The minimum Gasteiger partial charge on any atom is -0.504 e. The molecule has 1 aromatic carbocycles. The van der Waals surface area contributed by atoms with Crippen molar-refractivity contribution in [3.63, 3.8) is 0 Å². The number of phenols is 1. The Hall–Kier alpha value is -1.71. The van der Waals surface area contributed by atoms with Crippen molar-refractivity contribution in [3.05, 3.63) is 23.8 Å². The summed E-state index contributed by atoms with van der Waals surface area (Å²) in [6, 6.07) is 4.68. The second kappa shape index (κ2) is 4.88. The molecule has 0 spiro atoms. The maximum absolute atomic E-state index is 11.9. The van der Waals surface area contributed by atoms with Crippen LogP contribution in [-0.4, -0.2) is 24.7 Å². The average molecular weight is 249 g/mol. The van der Waals surface area contributed by atoms with E-state index < -0.39 is 0 Å². The number of benzene rings is 1. The van der Waals surface area contributed by atoms with E-state index in [-0.39, 0.29) is 11.7 Å². The lowest BCUT2D eigenvalue weighted by Crippen LogP contribution is -2.29. The standard InChI is InChI=1S/C14H19NO3/c1-3-14(6-7-14)9-15-13(17)10-4-5-12(18-2)11(16)8-10/h4-5,8,16H,3,6-7,9H2,1-2H3,(H,15,17). The maximum atomic E-state index is 11.9. The quantitative estimate of drug-likeness (QED) is 0.842. The highest BCUT2D eigenvalue weighted by atomic mass is 16.5. The first kappa shape index (κ1) is 12.7. The van der Waals surface area contributed by atoms with Crippen LogP contribution in [-0.2, 0) is 0 Å². The molecule has 2 N–H and O–H groups in total. The number of hydrogen-bond acceptors (Lipinski definition) is 3.